The molecule has 0 radical (unpaired) electrons. The van der Waals surface area contributed by atoms with Crippen molar-refractivity contribution in [1.82, 2.24) is 19.8 Å². The van der Waals surface area contributed by atoms with Crippen LogP contribution in [0.2, 0.25) is 0 Å². The highest BCUT2D eigenvalue weighted by molar-refractivity contribution is 5.94. The van der Waals surface area contributed by atoms with Crippen LogP contribution in [0.3, 0.4) is 0 Å². The molecule has 5 heterocycles. The summed E-state index contributed by atoms with van der Waals surface area (Å²) in [5.41, 5.74) is 1.06. The van der Waals surface area contributed by atoms with Gasteiger partial charge in [0.1, 0.15) is 24.1 Å². The predicted molar refractivity (Wildman–Crippen MR) is 166 cm³/mol. The lowest BCUT2D eigenvalue weighted by molar-refractivity contribution is -0.172. The van der Waals surface area contributed by atoms with E-state index in [0.717, 1.165) is 16.5 Å². The maximum absolute atomic E-state index is 15.3. The van der Waals surface area contributed by atoms with Crippen LogP contribution in [-0.4, -0.2) is 68.9 Å². The zero-order valence-electron chi connectivity index (χ0n) is 27.0. The van der Waals surface area contributed by atoms with Crippen molar-refractivity contribution >= 4 is 28.9 Å². The molecule has 0 spiro atoms. The van der Waals surface area contributed by atoms with E-state index in [2.05, 4.69) is 5.32 Å². The van der Waals surface area contributed by atoms with Gasteiger partial charge in [-0.2, -0.15) is 0 Å². The van der Waals surface area contributed by atoms with E-state index in [9.17, 15) is 24.3 Å². The van der Waals surface area contributed by atoms with Crippen molar-refractivity contribution in [3.05, 3.63) is 61.7 Å². The smallest absolute Gasteiger partial charge is 0.411 e. The SMILES string of the molecule is CC[C@]1(O)C(=O)OCc2c1cc1n(c2=O)Cc2c-1nc1cc(F)c(C)c3c1c2[C@H](NC(=O)[C@@H]1COCCN1C(=O)OC(C)(C)C)CC3. The van der Waals surface area contributed by atoms with Gasteiger partial charge in [0.2, 0.25) is 5.91 Å². The minimum atomic E-state index is -1.99. The van der Waals surface area contributed by atoms with E-state index >= 15 is 4.39 Å². The van der Waals surface area contributed by atoms with Gasteiger partial charge in [0.05, 0.1) is 48.3 Å². The van der Waals surface area contributed by atoms with Crippen LogP contribution >= 0.6 is 0 Å². The van der Waals surface area contributed by atoms with Crippen LogP contribution in [0.25, 0.3) is 22.3 Å². The van der Waals surface area contributed by atoms with Crippen molar-refractivity contribution in [2.24, 2.45) is 0 Å². The number of aliphatic hydroxyl groups is 1. The Hall–Kier alpha value is -4.36. The Morgan fingerprint density at radius 3 is 2.70 bits per heavy atom. The summed E-state index contributed by atoms with van der Waals surface area (Å²) in [5, 5.41) is 15.2. The molecule has 47 heavy (non-hydrogen) atoms. The quantitative estimate of drug-likeness (QED) is 0.319. The number of hydrogen-bond acceptors (Lipinski definition) is 9. The number of esters is 1. The van der Waals surface area contributed by atoms with Gasteiger partial charge < -0.3 is 29.2 Å². The van der Waals surface area contributed by atoms with Crippen molar-refractivity contribution in [1.29, 1.82) is 0 Å². The molecular weight excluding hydrogens is 611 g/mol. The second-order valence-corrected chi connectivity index (χ2v) is 13.7. The summed E-state index contributed by atoms with van der Waals surface area (Å²) in [4.78, 5) is 59.8. The number of morpholine rings is 1. The number of nitrogens with one attached hydrogen (secondary N) is 1. The fraction of sp³-hybridized carbons (Fsp3) is 0.500. The fourth-order valence-corrected chi connectivity index (χ4v) is 7.33. The zero-order valence-corrected chi connectivity index (χ0v) is 27.0. The second-order valence-electron chi connectivity index (χ2n) is 13.7. The van der Waals surface area contributed by atoms with Gasteiger partial charge in [-0.15, -0.1) is 0 Å². The summed E-state index contributed by atoms with van der Waals surface area (Å²) < 4.78 is 33.2. The van der Waals surface area contributed by atoms with E-state index in [1.165, 1.54) is 15.5 Å². The molecule has 7 rings (SSSR count). The number of carbonyl (C=O) groups is 3. The molecule has 0 bridgehead atoms. The van der Waals surface area contributed by atoms with Crippen LogP contribution < -0.4 is 10.9 Å². The van der Waals surface area contributed by atoms with E-state index in [4.69, 9.17) is 19.2 Å². The summed E-state index contributed by atoms with van der Waals surface area (Å²) >= 11 is 0. The van der Waals surface area contributed by atoms with Gasteiger partial charge in [-0.3, -0.25) is 14.5 Å². The van der Waals surface area contributed by atoms with E-state index in [1.54, 1.807) is 40.7 Å². The number of halogens is 1. The van der Waals surface area contributed by atoms with Gasteiger partial charge >= 0.3 is 12.1 Å². The zero-order chi connectivity index (χ0) is 33.6. The minimum absolute atomic E-state index is 0.00185. The summed E-state index contributed by atoms with van der Waals surface area (Å²) in [6.45, 7) is 8.92. The van der Waals surface area contributed by atoms with Gasteiger partial charge in [0.15, 0.2) is 5.60 Å². The van der Waals surface area contributed by atoms with Crippen LogP contribution in [0.4, 0.5) is 9.18 Å². The number of amides is 2. The third kappa shape index (κ3) is 4.81. The van der Waals surface area contributed by atoms with Gasteiger partial charge in [0, 0.05) is 29.1 Å². The van der Waals surface area contributed by atoms with Gasteiger partial charge in [-0.1, -0.05) is 6.92 Å². The van der Waals surface area contributed by atoms with E-state index in [1.807, 2.05) is 0 Å². The molecule has 2 aromatic heterocycles. The van der Waals surface area contributed by atoms with Crippen LogP contribution in [0.1, 0.15) is 80.0 Å². The van der Waals surface area contributed by atoms with Crippen LogP contribution in [0, 0.1) is 12.7 Å². The first-order valence-corrected chi connectivity index (χ1v) is 15.9. The number of aryl methyl sites for hydroxylation is 1. The highest BCUT2D eigenvalue weighted by Gasteiger charge is 2.46. The number of carbonyl (C=O) groups excluding carboxylic acids is 3. The first kappa shape index (κ1) is 31.3. The molecule has 13 heteroatoms. The molecule has 2 N–H and O–H groups in total. The van der Waals surface area contributed by atoms with Gasteiger partial charge in [0.25, 0.3) is 5.56 Å². The molecule has 2 amide bonds. The van der Waals surface area contributed by atoms with Crippen molar-refractivity contribution in [2.45, 2.75) is 90.3 Å². The summed E-state index contributed by atoms with van der Waals surface area (Å²) in [5.74, 6) is -1.66. The lowest BCUT2D eigenvalue weighted by atomic mass is 9.81. The number of rotatable bonds is 3. The van der Waals surface area contributed by atoms with Crippen LogP contribution in [0.5, 0.6) is 0 Å². The Labute approximate surface area is 269 Å². The molecule has 1 aliphatic carbocycles. The molecule has 1 saturated heterocycles. The molecule has 0 saturated carbocycles. The van der Waals surface area contributed by atoms with Crippen molar-refractivity contribution in [3.8, 4) is 11.4 Å². The molecule has 3 aliphatic heterocycles. The van der Waals surface area contributed by atoms with E-state index < -0.39 is 52.6 Å². The minimum Gasteiger partial charge on any atom is -0.458 e. The average Bonchev–Trinajstić information content (AvgIpc) is 3.40. The van der Waals surface area contributed by atoms with Crippen LogP contribution in [-0.2, 0) is 49.0 Å². The summed E-state index contributed by atoms with van der Waals surface area (Å²) in [6.07, 6.45) is 0.299. The number of pyridine rings is 2. The standard InChI is InChI=1S/C34H37FN4O8/c1-6-34(44)20-11-24-28-18(13-39(24)30(41)19(20)14-46-31(34)42)27-22(8-7-17-16(2)21(35)12-23(36-28)26(17)27)37-29(40)25-15-45-10-9-38(25)32(43)47-33(3,4)5/h11-12,22,25,44H,6-10,13-15H2,1-5H3,(H,37,40)/t22-,25+,34-/m1/s1. The molecule has 3 aromatic rings. The maximum atomic E-state index is 15.3. The fourth-order valence-electron chi connectivity index (χ4n) is 7.33. The molecule has 12 nitrogen and oxygen atoms in total. The third-order valence-electron chi connectivity index (χ3n) is 9.75. The van der Waals surface area contributed by atoms with Crippen molar-refractivity contribution < 1.29 is 38.1 Å². The molecule has 4 aliphatic rings. The maximum Gasteiger partial charge on any atom is 0.411 e. The molecule has 1 fully saturated rings. The largest absolute Gasteiger partial charge is 0.458 e. The van der Waals surface area contributed by atoms with Crippen molar-refractivity contribution in [3.63, 3.8) is 0 Å². The van der Waals surface area contributed by atoms with Crippen molar-refractivity contribution in [2.75, 3.05) is 19.8 Å². The molecule has 248 valence electrons. The highest BCUT2D eigenvalue weighted by atomic mass is 19.1. The lowest BCUT2D eigenvalue weighted by Crippen LogP contribution is -2.57. The molecule has 1 aromatic carbocycles. The number of fused-ring (bicyclic) bond motifs is 5. The molecular formula is C34H37FN4O8. The Kier molecular flexibility index (Phi) is 7.21. The average molecular weight is 649 g/mol. The number of nitrogens with zero attached hydrogens (tertiary/aromatic N) is 3. The first-order chi connectivity index (χ1) is 22.2. The second kappa shape index (κ2) is 10.8. The Bertz CT molecular complexity index is 1950. The van der Waals surface area contributed by atoms with E-state index in [0.29, 0.717) is 40.9 Å². The Morgan fingerprint density at radius 2 is 1.98 bits per heavy atom. The monoisotopic (exact) mass is 648 g/mol. The molecule has 3 atom stereocenters. The highest BCUT2D eigenvalue weighted by Crippen LogP contribution is 2.46. The number of ether oxygens (including phenoxy) is 3. The normalized spacial score (nSPS) is 23.1. The van der Waals surface area contributed by atoms with E-state index in [-0.39, 0.29) is 50.5 Å². The van der Waals surface area contributed by atoms with Gasteiger partial charge in [-0.05, 0) is 69.7 Å². The summed E-state index contributed by atoms with van der Waals surface area (Å²) in [7, 11) is 0. The molecule has 0 unspecified atom stereocenters. The lowest BCUT2D eigenvalue weighted by Gasteiger charge is -2.37. The Balaban J connectivity index is 1.35. The summed E-state index contributed by atoms with van der Waals surface area (Å²) in [6, 6.07) is 1.48. The number of aromatic nitrogens is 2. The van der Waals surface area contributed by atoms with Crippen LogP contribution in [0.15, 0.2) is 16.9 Å². The number of hydrogen-bond donors (Lipinski definition) is 2. The number of cyclic esters (lactones) is 1. The first-order valence-electron chi connectivity index (χ1n) is 15.9. The third-order valence-corrected chi connectivity index (χ3v) is 9.75. The topological polar surface area (TPSA) is 149 Å². The van der Waals surface area contributed by atoms with Gasteiger partial charge in [-0.25, -0.2) is 19.0 Å². The number of benzene rings is 1. The predicted octanol–water partition coefficient (Wildman–Crippen LogP) is 3.27. The Morgan fingerprint density at radius 1 is 1.21 bits per heavy atom.